The number of ether oxygens (including phenoxy) is 1. The molecule has 4 N–H and O–H groups in total. The molecule has 0 unspecified atom stereocenters. The Morgan fingerprint density at radius 3 is 3.11 bits per heavy atom. The highest BCUT2D eigenvalue weighted by atomic mass is 16.5. The summed E-state index contributed by atoms with van der Waals surface area (Å²) in [5, 5.41) is 9.68. The Kier molecular flexibility index (Phi) is 2.35. The van der Waals surface area contributed by atoms with E-state index in [9.17, 15) is 9.90 Å². The molecule has 1 saturated heterocycles. The van der Waals surface area contributed by atoms with Crippen molar-refractivity contribution < 1.29 is 9.84 Å². The third-order valence-electron chi connectivity index (χ3n) is 3.12. The van der Waals surface area contributed by atoms with E-state index in [1.165, 1.54) is 6.33 Å². The standard InChI is InChI=1S/C10H13N5O3/c1-4-5(16)2-6(18-4)15-3-12-7-8(15)13-10(11)14-9(7)17/h3-6,16H,2H2,1H3,(H3,11,13,14,17)/t4-,5+,6-/m1/s1. The van der Waals surface area contributed by atoms with Gasteiger partial charge in [0.05, 0.1) is 18.5 Å². The van der Waals surface area contributed by atoms with Crippen LogP contribution in [0, 0.1) is 0 Å². The van der Waals surface area contributed by atoms with Crippen molar-refractivity contribution in [2.24, 2.45) is 0 Å². The first kappa shape index (κ1) is 11.2. The summed E-state index contributed by atoms with van der Waals surface area (Å²) in [5.41, 5.74) is 5.70. The number of rotatable bonds is 1. The maximum atomic E-state index is 11.6. The summed E-state index contributed by atoms with van der Waals surface area (Å²) in [4.78, 5) is 22.0. The van der Waals surface area contributed by atoms with Crippen molar-refractivity contribution in [1.82, 2.24) is 19.5 Å². The van der Waals surface area contributed by atoms with Gasteiger partial charge in [-0.2, -0.15) is 4.98 Å². The highest BCUT2D eigenvalue weighted by Gasteiger charge is 2.32. The smallest absolute Gasteiger partial charge is 0.280 e. The molecule has 2 aromatic rings. The van der Waals surface area contributed by atoms with E-state index in [1.54, 1.807) is 11.5 Å². The minimum Gasteiger partial charge on any atom is -0.390 e. The van der Waals surface area contributed by atoms with E-state index in [-0.39, 0.29) is 29.4 Å². The number of aromatic amines is 1. The van der Waals surface area contributed by atoms with E-state index < -0.39 is 6.10 Å². The predicted molar refractivity (Wildman–Crippen MR) is 62.8 cm³/mol. The molecule has 1 aliphatic rings. The van der Waals surface area contributed by atoms with Crippen molar-refractivity contribution >= 4 is 17.1 Å². The number of nitrogens with zero attached hydrogens (tertiary/aromatic N) is 3. The first-order valence-electron chi connectivity index (χ1n) is 5.62. The van der Waals surface area contributed by atoms with Crippen LogP contribution in [0.3, 0.4) is 0 Å². The fourth-order valence-corrected chi connectivity index (χ4v) is 2.13. The molecule has 2 aromatic heterocycles. The van der Waals surface area contributed by atoms with Crippen molar-refractivity contribution in [3.05, 3.63) is 16.7 Å². The van der Waals surface area contributed by atoms with Gasteiger partial charge >= 0.3 is 0 Å². The zero-order valence-electron chi connectivity index (χ0n) is 9.70. The van der Waals surface area contributed by atoms with Gasteiger partial charge < -0.3 is 15.6 Å². The van der Waals surface area contributed by atoms with Crippen LogP contribution < -0.4 is 11.3 Å². The lowest BCUT2D eigenvalue weighted by Crippen LogP contribution is -2.15. The number of nitrogens with two attached hydrogens (primary N) is 1. The molecule has 0 saturated carbocycles. The van der Waals surface area contributed by atoms with Gasteiger partial charge in [0, 0.05) is 6.42 Å². The molecule has 0 bridgehead atoms. The molecule has 18 heavy (non-hydrogen) atoms. The summed E-state index contributed by atoms with van der Waals surface area (Å²) < 4.78 is 7.20. The fourth-order valence-electron chi connectivity index (χ4n) is 2.13. The van der Waals surface area contributed by atoms with E-state index >= 15 is 0 Å². The molecule has 1 aliphatic heterocycles. The molecule has 0 radical (unpaired) electrons. The Morgan fingerprint density at radius 1 is 1.67 bits per heavy atom. The zero-order chi connectivity index (χ0) is 12.9. The summed E-state index contributed by atoms with van der Waals surface area (Å²) in [6.45, 7) is 1.79. The number of nitrogen functional groups attached to an aromatic ring is 1. The molecular formula is C10H13N5O3. The van der Waals surface area contributed by atoms with Gasteiger partial charge in [0.15, 0.2) is 11.2 Å². The Bertz CT molecular complexity index is 638. The van der Waals surface area contributed by atoms with Crippen LogP contribution in [0.4, 0.5) is 5.95 Å². The number of hydrogen-bond donors (Lipinski definition) is 3. The molecule has 0 aromatic carbocycles. The average Bonchev–Trinajstić information content (AvgIpc) is 2.83. The molecule has 3 heterocycles. The van der Waals surface area contributed by atoms with Gasteiger partial charge in [-0.15, -0.1) is 0 Å². The Labute approximate surface area is 101 Å². The Balaban J connectivity index is 2.11. The number of aliphatic hydroxyl groups is 1. The summed E-state index contributed by atoms with van der Waals surface area (Å²) >= 11 is 0. The minimum absolute atomic E-state index is 0.0286. The molecule has 96 valence electrons. The van der Waals surface area contributed by atoms with Gasteiger partial charge in [-0.1, -0.05) is 0 Å². The van der Waals surface area contributed by atoms with E-state index in [1.807, 2.05) is 0 Å². The van der Waals surface area contributed by atoms with Crippen LogP contribution in [-0.4, -0.2) is 36.8 Å². The topological polar surface area (TPSA) is 119 Å². The van der Waals surface area contributed by atoms with Crippen LogP contribution >= 0.6 is 0 Å². The molecule has 8 heteroatoms. The number of H-pyrrole nitrogens is 1. The van der Waals surface area contributed by atoms with Gasteiger partial charge in [-0.3, -0.25) is 14.3 Å². The normalized spacial score (nSPS) is 28.0. The molecule has 0 spiro atoms. The lowest BCUT2D eigenvalue weighted by molar-refractivity contribution is -0.00631. The van der Waals surface area contributed by atoms with E-state index in [2.05, 4.69) is 15.0 Å². The highest BCUT2D eigenvalue weighted by Crippen LogP contribution is 2.29. The van der Waals surface area contributed by atoms with Gasteiger partial charge in [0.2, 0.25) is 5.95 Å². The lowest BCUT2D eigenvalue weighted by atomic mass is 10.2. The van der Waals surface area contributed by atoms with Crippen molar-refractivity contribution in [3.8, 4) is 0 Å². The fraction of sp³-hybridized carbons (Fsp3) is 0.500. The van der Waals surface area contributed by atoms with Gasteiger partial charge in [0.1, 0.15) is 6.23 Å². The number of aromatic nitrogens is 4. The zero-order valence-corrected chi connectivity index (χ0v) is 9.70. The van der Waals surface area contributed by atoms with Crippen molar-refractivity contribution in [1.29, 1.82) is 0 Å². The summed E-state index contributed by atoms with van der Waals surface area (Å²) in [6, 6.07) is 0. The second-order valence-corrected chi connectivity index (χ2v) is 4.37. The number of hydrogen-bond acceptors (Lipinski definition) is 6. The first-order chi connectivity index (χ1) is 8.56. The SMILES string of the molecule is C[C@H]1O[C@@H](n2cnc3c(=O)[nH]c(N)nc32)C[C@@H]1O. The van der Waals surface area contributed by atoms with Gasteiger partial charge in [0.25, 0.3) is 5.56 Å². The van der Waals surface area contributed by atoms with Gasteiger partial charge in [-0.25, -0.2) is 4.98 Å². The van der Waals surface area contributed by atoms with Crippen LogP contribution in [0.2, 0.25) is 0 Å². The van der Waals surface area contributed by atoms with Crippen LogP contribution in [0.25, 0.3) is 11.2 Å². The molecule has 8 nitrogen and oxygen atoms in total. The summed E-state index contributed by atoms with van der Waals surface area (Å²) in [6.07, 6.45) is 0.732. The molecule has 3 atom stereocenters. The second kappa shape index (κ2) is 3.79. The molecule has 0 aliphatic carbocycles. The first-order valence-corrected chi connectivity index (χ1v) is 5.62. The largest absolute Gasteiger partial charge is 0.390 e. The third kappa shape index (κ3) is 1.57. The second-order valence-electron chi connectivity index (χ2n) is 4.37. The van der Waals surface area contributed by atoms with E-state index in [0.717, 1.165) is 0 Å². The molecule has 0 amide bonds. The van der Waals surface area contributed by atoms with Gasteiger partial charge in [-0.05, 0) is 6.92 Å². The molecule has 3 rings (SSSR count). The average molecular weight is 251 g/mol. The number of aliphatic hydroxyl groups excluding tert-OH is 1. The molecule has 1 fully saturated rings. The number of anilines is 1. The third-order valence-corrected chi connectivity index (χ3v) is 3.12. The highest BCUT2D eigenvalue weighted by molar-refractivity contribution is 5.70. The maximum absolute atomic E-state index is 11.6. The van der Waals surface area contributed by atoms with Crippen LogP contribution in [0.5, 0.6) is 0 Å². The maximum Gasteiger partial charge on any atom is 0.280 e. The summed E-state index contributed by atoms with van der Waals surface area (Å²) in [7, 11) is 0. The van der Waals surface area contributed by atoms with Crippen molar-refractivity contribution in [2.75, 3.05) is 5.73 Å². The lowest BCUT2D eigenvalue weighted by Gasteiger charge is -2.12. The Hall–Kier alpha value is -1.93. The quantitative estimate of drug-likeness (QED) is 0.620. The number of nitrogens with one attached hydrogen (secondary N) is 1. The van der Waals surface area contributed by atoms with Crippen molar-refractivity contribution in [3.63, 3.8) is 0 Å². The number of fused-ring (bicyclic) bond motifs is 1. The monoisotopic (exact) mass is 251 g/mol. The Morgan fingerprint density at radius 2 is 2.44 bits per heavy atom. The van der Waals surface area contributed by atoms with E-state index in [0.29, 0.717) is 12.1 Å². The minimum atomic E-state index is -0.535. The number of imidazole rings is 1. The predicted octanol–water partition coefficient (Wildman–Crippen LogP) is -0.630. The van der Waals surface area contributed by atoms with E-state index in [4.69, 9.17) is 10.5 Å². The molecular weight excluding hydrogens is 238 g/mol. The van der Waals surface area contributed by atoms with Crippen LogP contribution in [-0.2, 0) is 4.74 Å². The van der Waals surface area contributed by atoms with Crippen molar-refractivity contribution in [2.45, 2.75) is 31.8 Å². The van der Waals surface area contributed by atoms with Crippen LogP contribution in [0.1, 0.15) is 19.6 Å². The van der Waals surface area contributed by atoms with Crippen LogP contribution in [0.15, 0.2) is 11.1 Å². The summed E-state index contributed by atoms with van der Waals surface area (Å²) in [5.74, 6) is 0.0286.